The quantitative estimate of drug-likeness (QED) is 0.869. The number of aromatic nitrogens is 2. The Morgan fingerprint density at radius 1 is 1.48 bits per heavy atom. The van der Waals surface area contributed by atoms with Gasteiger partial charge in [0.1, 0.15) is 11.6 Å². The van der Waals surface area contributed by atoms with Gasteiger partial charge in [-0.2, -0.15) is 5.10 Å². The second-order valence-corrected chi connectivity index (χ2v) is 6.37. The van der Waals surface area contributed by atoms with E-state index in [1.165, 1.54) is 13.2 Å². The van der Waals surface area contributed by atoms with Gasteiger partial charge in [-0.1, -0.05) is 0 Å². The molecular formula is C18H23FN4O2. The summed E-state index contributed by atoms with van der Waals surface area (Å²) in [7, 11) is 3.42. The molecule has 1 aromatic carbocycles. The Hall–Kier alpha value is -2.41. The van der Waals surface area contributed by atoms with Gasteiger partial charge in [0.05, 0.1) is 18.8 Å². The lowest BCUT2D eigenvalue weighted by atomic mass is 9.91. The number of carbonyl (C=O) groups excluding carboxylic acids is 1. The number of piperidine rings is 1. The average Bonchev–Trinajstić information content (AvgIpc) is 2.91. The van der Waals surface area contributed by atoms with Crippen molar-refractivity contribution in [3.05, 3.63) is 47.0 Å². The standard InChI is InChI=1S/C18H23FN4O2/c1-11-12(10-23(2)22-11)9-20-16-6-7-17(24)21-18(16)14-8-13(25-3)4-5-15(14)19/h4-5,8,10,16,18,20H,6-7,9H2,1-3H3,(H,21,24)/t16-,18+/m1/s1. The van der Waals surface area contributed by atoms with E-state index in [4.69, 9.17) is 4.74 Å². The highest BCUT2D eigenvalue weighted by Crippen LogP contribution is 2.29. The lowest BCUT2D eigenvalue weighted by Crippen LogP contribution is -2.48. The Morgan fingerprint density at radius 2 is 2.28 bits per heavy atom. The van der Waals surface area contributed by atoms with Crippen LogP contribution in [-0.2, 0) is 18.4 Å². The Kier molecular flexibility index (Phi) is 5.03. The van der Waals surface area contributed by atoms with Gasteiger partial charge in [-0.15, -0.1) is 0 Å². The molecule has 0 spiro atoms. The number of hydrogen-bond acceptors (Lipinski definition) is 4. The summed E-state index contributed by atoms with van der Waals surface area (Å²) in [4.78, 5) is 11.9. The van der Waals surface area contributed by atoms with E-state index < -0.39 is 6.04 Å². The summed E-state index contributed by atoms with van der Waals surface area (Å²) in [5.41, 5.74) is 2.48. The zero-order chi connectivity index (χ0) is 18.0. The molecule has 0 bridgehead atoms. The molecule has 134 valence electrons. The number of hydrogen-bond donors (Lipinski definition) is 2. The minimum atomic E-state index is -0.437. The highest BCUT2D eigenvalue weighted by atomic mass is 19.1. The van der Waals surface area contributed by atoms with Crippen molar-refractivity contribution < 1.29 is 13.9 Å². The van der Waals surface area contributed by atoms with E-state index in [9.17, 15) is 9.18 Å². The molecule has 7 heteroatoms. The topological polar surface area (TPSA) is 68.2 Å². The van der Waals surface area contributed by atoms with Gasteiger partial charge in [-0.25, -0.2) is 4.39 Å². The third-order valence-corrected chi connectivity index (χ3v) is 4.61. The number of methoxy groups -OCH3 is 1. The van der Waals surface area contributed by atoms with Gasteiger partial charge >= 0.3 is 0 Å². The van der Waals surface area contributed by atoms with Crippen molar-refractivity contribution in [3.63, 3.8) is 0 Å². The number of halogens is 1. The van der Waals surface area contributed by atoms with E-state index in [0.717, 1.165) is 11.3 Å². The molecule has 1 fully saturated rings. The van der Waals surface area contributed by atoms with Gasteiger partial charge in [0, 0.05) is 43.4 Å². The van der Waals surface area contributed by atoms with Crippen LogP contribution in [0.1, 0.15) is 35.7 Å². The molecule has 0 radical (unpaired) electrons. The van der Waals surface area contributed by atoms with Crippen LogP contribution in [0, 0.1) is 12.7 Å². The van der Waals surface area contributed by atoms with Crippen LogP contribution in [-0.4, -0.2) is 28.8 Å². The van der Waals surface area contributed by atoms with E-state index in [-0.39, 0.29) is 17.8 Å². The van der Waals surface area contributed by atoms with Crippen LogP contribution in [0.25, 0.3) is 0 Å². The first-order chi connectivity index (χ1) is 12.0. The number of benzene rings is 1. The molecule has 25 heavy (non-hydrogen) atoms. The fraction of sp³-hybridized carbons (Fsp3) is 0.444. The van der Waals surface area contributed by atoms with Crippen LogP contribution in [0.4, 0.5) is 4.39 Å². The summed E-state index contributed by atoms with van der Waals surface area (Å²) in [6.07, 6.45) is 3.03. The Morgan fingerprint density at radius 3 is 2.96 bits per heavy atom. The molecule has 1 aliphatic heterocycles. The van der Waals surface area contributed by atoms with Crippen LogP contribution >= 0.6 is 0 Å². The zero-order valence-corrected chi connectivity index (χ0v) is 14.7. The molecule has 0 unspecified atom stereocenters. The summed E-state index contributed by atoms with van der Waals surface area (Å²) in [6, 6.07) is 4.09. The lowest BCUT2D eigenvalue weighted by molar-refractivity contribution is -0.123. The molecule has 1 saturated heterocycles. The molecular weight excluding hydrogens is 323 g/mol. The monoisotopic (exact) mass is 346 g/mol. The lowest BCUT2D eigenvalue weighted by Gasteiger charge is -2.33. The summed E-state index contributed by atoms with van der Waals surface area (Å²) >= 11 is 0. The predicted octanol–water partition coefficient (Wildman–Crippen LogP) is 1.99. The minimum absolute atomic E-state index is 0.0668. The van der Waals surface area contributed by atoms with Crippen molar-refractivity contribution in [3.8, 4) is 5.75 Å². The van der Waals surface area contributed by atoms with E-state index in [1.54, 1.807) is 16.8 Å². The van der Waals surface area contributed by atoms with Gasteiger partial charge in [-0.3, -0.25) is 9.48 Å². The third kappa shape index (κ3) is 3.82. The van der Waals surface area contributed by atoms with Gasteiger partial charge in [0.25, 0.3) is 0 Å². The number of aryl methyl sites for hydroxylation is 2. The summed E-state index contributed by atoms with van der Waals surface area (Å²) in [6.45, 7) is 2.57. The van der Waals surface area contributed by atoms with Crippen LogP contribution in [0.5, 0.6) is 5.75 Å². The van der Waals surface area contributed by atoms with Crippen molar-refractivity contribution in [1.29, 1.82) is 0 Å². The molecule has 2 atom stereocenters. The number of amides is 1. The molecule has 3 rings (SSSR count). The van der Waals surface area contributed by atoms with Crippen LogP contribution in [0.15, 0.2) is 24.4 Å². The Balaban J connectivity index is 1.81. The first-order valence-corrected chi connectivity index (χ1v) is 8.33. The first kappa shape index (κ1) is 17.4. The highest BCUT2D eigenvalue weighted by molar-refractivity contribution is 5.77. The molecule has 6 nitrogen and oxygen atoms in total. The number of rotatable bonds is 5. The van der Waals surface area contributed by atoms with Crippen LogP contribution < -0.4 is 15.4 Å². The van der Waals surface area contributed by atoms with Crippen molar-refractivity contribution in [2.75, 3.05) is 7.11 Å². The summed E-state index contributed by atoms with van der Waals surface area (Å²) in [5, 5.41) is 10.7. The van der Waals surface area contributed by atoms with E-state index in [1.807, 2.05) is 20.2 Å². The number of nitrogens with zero attached hydrogens (tertiary/aromatic N) is 2. The molecule has 1 aliphatic rings. The summed E-state index contributed by atoms with van der Waals surface area (Å²) in [5.74, 6) is 0.151. The number of nitrogens with one attached hydrogen (secondary N) is 2. The van der Waals surface area contributed by atoms with Gasteiger partial charge in [0.2, 0.25) is 5.91 Å². The molecule has 2 heterocycles. The van der Waals surface area contributed by atoms with E-state index in [2.05, 4.69) is 15.7 Å². The maximum Gasteiger partial charge on any atom is 0.220 e. The van der Waals surface area contributed by atoms with Gasteiger partial charge in [-0.05, 0) is 31.5 Å². The second-order valence-electron chi connectivity index (χ2n) is 6.37. The SMILES string of the molecule is COc1ccc(F)c([C@@H]2NC(=O)CC[C@H]2NCc2cn(C)nc2C)c1. The number of ether oxygens (including phenoxy) is 1. The van der Waals surface area contributed by atoms with Gasteiger partial charge in [0.15, 0.2) is 0 Å². The Labute approximate surface area is 146 Å². The smallest absolute Gasteiger partial charge is 0.220 e. The van der Waals surface area contributed by atoms with E-state index in [0.29, 0.717) is 30.7 Å². The Bertz CT molecular complexity index is 774. The normalized spacial score (nSPS) is 20.4. The van der Waals surface area contributed by atoms with Crippen molar-refractivity contribution in [2.45, 2.75) is 38.4 Å². The van der Waals surface area contributed by atoms with Crippen LogP contribution in [0.3, 0.4) is 0 Å². The molecule has 0 saturated carbocycles. The predicted molar refractivity (Wildman–Crippen MR) is 91.6 cm³/mol. The highest BCUT2D eigenvalue weighted by Gasteiger charge is 2.31. The summed E-state index contributed by atoms with van der Waals surface area (Å²) < 4.78 is 21.3. The zero-order valence-electron chi connectivity index (χ0n) is 14.7. The molecule has 2 N–H and O–H groups in total. The van der Waals surface area contributed by atoms with Crippen molar-refractivity contribution in [2.24, 2.45) is 7.05 Å². The molecule has 1 amide bonds. The average molecular weight is 346 g/mol. The first-order valence-electron chi connectivity index (χ1n) is 8.33. The van der Waals surface area contributed by atoms with Gasteiger partial charge < -0.3 is 15.4 Å². The molecule has 2 aromatic rings. The third-order valence-electron chi connectivity index (χ3n) is 4.61. The largest absolute Gasteiger partial charge is 0.497 e. The van der Waals surface area contributed by atoms with Crippen LogP contribution in [0.2, 0.25) is 0 Å². The number of carbonyl (C=O) groups is 1. The fourth-order valence-corrected chi connectivity index (χ4v) is 3.26. The van der Waals surface area contributed by atoms with Crippen molar-refractivity contribution >= 4 is 5.91 Å². The fourth-order valence-electron chi connectivity index (χ4n) is 3.26. The van der Waals surface area contributed by atoms with E-state index >= 15 is 0 Å². The van der Waals surface area contributed by atoms with Crippen molar-refractivity contribution in [1.82, 2.24) is 20.4 Å². The maximum atomic E-state index is 14.4. The maximum absolute atomic E-state index is 14.4. The minimum Gasteiger partial charge on any atom is -0.497 e. The second kappa shape index (κ2) is 7.23. The molecule has 0 aliphatic carbocycles. The molecule has 1 aromatic heterocycles.